The fourth-order valence-corrected chi connectivity index (χ4v) is 3.84. The maximum absolute atomic E-state index is 12.8. The van der Waals surface area contributed by atoms with Crippen LogP contribution in [-0.4, -0.2) is 41.7 Å². The van der Waals surface area contributed by atoms with Crippen LogP contribution in [0.2, 0.25) is 5.02 Å². The van der Waals surface area contributed by atoms with Crippen molar-refractivity contribution in [1.82, 2.24) is 4.90 Å². The summed E-state index contributed by atoms with van der Waals surface area (Å²) in [6, 6.07) is 17.3. The van der Waals surface area contributed by atoms with Crippen molar-refractivity contribution in [2.75, 3.05) is 18.5 Å². The highest BCUT2D eigenvalue weighted by Crippen LogP contribution is 2.30. The summed E-state index contributed by atoms with van der Waals surface area (Å²) < 4.78 is 4.98. The number of nitrogens with zero attached hydrogens (tertiary/aromatic N) is 1. The third-order valence-corrected chi connectivity index (χ3v) is 5.33. The van der Waals surface area contributed by atoms with Gasteiger partial charge in [-0.05, 0) is 42.1 Å². The second-order valence-corrected chi connectivity index (χ2v) is 7.73. The summed E-state index contributed by atoms with van der Waals surface area (Å²) in [6.07, 6.45) is 0.192. The van der Waals surface area contributed by atoms with E-state index >= 15 is 0 Å². The van der Waals surface area contributed by atoms with Crippen molar-refractivity contribution < 1.29 is 23.9 Å². The highest BCUT2D eigenvalue weighted by atomic mass is 35.5. The maximum Gasteiger partial charge on any atom is 0.306 e. The van der Waals surface area contributed by atoms with Crippen LogP contribution in [0, 0.1) is 0 Å². The SMILES string of the molecule is O=C(COC(=O)CCCN1C(=O)c2cccc3cccc(c23)C1=O)Nc1cccc(Cl)c1. The van der Waals surface area contributed by atoms with E-state index in [1.807, 2.05) is 12.1 Å². The molecule has 0 unspecified atom stereocenters. The van der Waals surface area contributed by atoms with Crippen molar-refractivity contribution in [1.29, 1.82) is 0 Å². The number of anilines is 1. The van der Waals surface area contributed by atoms with Gasteiger partial charge in [0.05, 0.1) is 0 Å². The molecule has 7 nitrogen and oxygen atoms in total. The van der Waals surface area contributed by atoms with E-state index < -0.39 is 18.5 Å². The molecule has 3 aromatic rings. The molecule has 0 fully saturated rings. The molecule has 1 aliphatic rings. The summed E-state index contributed by atoms with van der Waals surface area (Å²) in [4.78, 5) is 50.7. The molecule has 0 atom stereocenters. The number of halogens is 1. The number of benzene rings is 3. The minimum absolute atomic E-state index is 0.0344. The normalized spacial score (nSPS) is 12.7. The summed E-state index contributed by atoms with van der Waals surface area (Å²) >= 11 is 5.86. The van der Waals surface area contributed by atoms with Gasteiger partial charge >= 0.3 is 5.97 Å². The van der Waals surface area contributed by atoms with Crippen molar-refractivity contribution in [2.24, 2.45) is 0 Å². The predicted molar refractivity (Wildman–Crippen MR) is 120 cm³/mol. The lowest BCUT2D eigenvalue weighted by Gasteiger charge is -2.27. The number of rotatable bonds is 7. The second-order valence-electron chi connectivity index (χ2n) is 7.29. The zero-order valence-electron chi connectivity index (χ0n) is 17.0. The Balaban J connectivity index is 1.29. The van der Waals surface area contributed by atoms with Crippen molar-refractivity contribution >= 4 is 51.8 Å². The number of carbonyl (C=O) groups excluding carboxylic acids is 4. The smallest absolute Gasteiger partial charge is 0.306 e. The summed E-state index contributed by atoms with van der Waals surface area (Å²) in [6.45, 7) is -0.367. The largest absolute Gasteiger partial charge is 0.456 e. The van der Waals surface area contributed by atoms with E-state index in [-0.39, 0.29) is 31.2 Å². The summed E-state index contributed by atoms with van der Waals surface area (Å²) in [5, 5.41) is 4.54. The van der Waals surface area contributed by atoms with Crippen molar-refractivity contribution in [3.05, 3.63) is 76.8 Å². The Bertz CT molecular complexity index is 1190. The Morgan fingerprint density at radius 3 is 2.25 bits per heavy atom. The molecule has 3 aromatic carbocycles. The molecular formula is C24H19ClN2O5. The molecular weight excluding hydrogens is 432 g/mol. The van der Waals surface area contributed by atoms with Crippen LogP contribution in [0.1, 0.15) is 33.6 Å². The quantitative estimate of drug-likeness (QED) is 0.433. The van der Waals surface area contributed by atoms with E-state index in [4.69, 9.17) is 16.3 Å². The Labute approximate surface area is 188 Å². The van der Waals surface area contributed by atoms with Gasteiger partial charge in [-0.2, -0.15) is 0 Å². The molecule has 1 aliphatic heterocycles. The van der Waals surface area contributed by atoms with E-state index in [0.717, 1.165) is 10.3 Å². The topological polar surface area (TPSA) is 92.8 Å². The Kier molecular flexibility index (Phi) is 6.18. The highest BCUT2D eigenvalue weighted by Gasteiger charge is 2.32. The van der Waals surface area contributed by atoms with E-state index in [1.165, 1.54) is 0 Å². The molecule has 0 radical (unpaired) electrons. The van der Waals surface area contributed by atoms with Crippen LogP contribution in [0.5, 0.6) is 0 Å². The first kappa shape index (κ1) is 21.5. The number of ether oxygens (including phenoxy) is 1. The molecule has 4 rings (SSSR count). The van der Waals surface area contributed by atoms with Gasteiger partial charge in [0.2, 0.25) is 0 Å². The third-order valence-electron chi connectivity index (χ3n) is 5.09. The molecule has 0 saturated heterocycles. The Hall–Kier alpha value is -3.71. The lowest BCUT2D eigenvalue weighted by atomic mass is 9.94. The van der Waals surface area contributed by atoms with E-state index in [1.54, 1.807) is 48.5 Å². The van der Waals surface area contributed by atoms with Gasteiger partial charge in [0.1, 0.15) is 0 Å². The summed E-state index contributed by atoms with van der Waals surface area (Å²) in [5.41, 5.74) is 1.44. The standard InChI is InChI=1S/C24H19ClN2O5/c25-16-7-3-8-17(13-16)26-20(28)14-32-21(29)11-4-12-27-23(30)18-9-1-5-15-6-2-10-19(22(15)18)24(27)31/h1-3,5-10,13H,4,11-12,14H2,(H,26,28). The van der Waals surface area contributed by atoms with Crippen molar-refractivity contribution in [3.8, 4) is 0 Å². The molecule has 0 bridgehead atoms. The number of hydrogen-bond donors (Lipinski definition) is 1. The second kappa shape index (κ2) is 9.20. The number of esters is 1. The van der Waals surface area contributed by atoms with Crippen LogP contribution in [0.3, 0.4) is 0 Å². The average Bonchev–Trinajstić information content (AvgIpc) is 2.78. The van der Waals surface area contributed by atoms with E-state index in [2.05, 4.69) is 5.32 Å². The van der Waals surface area contributed by atoms with Crippen LogP contribution in [0.25, 0.3) is 10.8 Å². The lowest BCUT2D eigenvalue weighted by molar-refractivity contribution is -0.147. The molecule has 0 saturated carbocycles. The lowest BCUT2D eigenvalue weighted by Crippen LogP contribution is -2.41. The zero-order chi connectivity index (χ0) is 22.7. The number of amides is 3. The van der Waals surface area contributed by atoms with Crippen LogP contribution in [-0.2, 0) is 14.3 Å². The average molecular weight is 451 g/mol. The van der Waals surface area contributed by atoms with Crippen LogP contribution in [0.4, 0.5) is 5.69 Å². The van der Waals surface area contributed by atoms with Gasteiger partial charge in [0.15, 0.2) is 6.61 Å². The number of carbonyl (C=O) groups is 4. The molecule has 1 heterocycles. The summed E-state index contributed by atoms with van der Waals surface area (Å²) in [5.74, 6) is -1.85. The molecule has 0 aromatic heterocycles. The Morgan fingerprint density at radius 2 is 1.59 bits per heavy atom. The highest BCUT2D eigenvalue weighted by molar-refractivity contribution is 6.31. The molecule has 162 valence electrons. The van der Waals surface area contributed by atoms with Crippen LogP contribution < -0.4 is 5.32 Å². The minimum atomic E-state index is -0.592. The van der Waals surface area contributed by atoms with Crippen molar-refractivity contribution in [2.45, 2.75) is 12.8 Å². The fourth-order valence-electron chi connectivity index (χ4n) is 3.65. The van der Waals surface area contributed by atoms with Gasteiger partial charge in [0.25, 0.3) is 17.7 Å². The van der Waals surface area contributed by atoms with Gasteiger partial charge in [-0.25, -0.2) is 0 Å². The number of nitrogens with one attached hydrogen (secondary N) is 1. The first-order valence-corrected chi connectivity index (χ1v) is 10.4. The number of hydrogen-bond acceptors (Lipinski definition) is 5. The van der Waals surface area contributed by atoms with E-state index in [9.17, 15) is 19.2 Å². The van der Waals surface area contributed by atoms with Gasteiger partial charge in [-0.1, -0.05) is 41.9 Å². The molecule has 32 heavy (non-hydrogen) atoms. The van der Waals surface area contributed by atoms with Gasteiger partial charge in [0, 0.05) is 40.2 Å². The van der Waals surface area contributed by atoms with Gasteiger partial charge < -0.3 is 10.1 Å². The molecule has 3 amide bonds. The maximum atomic E-state index is 12.8. The molecule has 8 heteroatoms. The van der Waals surface area contributed by atoms with Crippen LogP contribution in [0.15, 0.2) is 60.7 Å². The molecule has 0 spiro atoms. The Morgan fingerprint density at radius 1 is 0.938 bits per heavy atom. The molecule has 0 aliphatic carbocycles. The van der Waals surface area contributed by atoms with Gasteiger partial charge in [-0.15, -0.1) is 0 Å². The zero-order valence-corrected chi connectivity index (χ0v) is 17.7. The minimum Gasteiger partial charge on any atom is -0.456 e. The number of imide groups is 1. The van der Waals surface area contributed by atoms with Gasteiger partial charge in [-0.3, -0.25) is 24.1 Å². The molecule has 1 N–H and O–H groups in total. The first-order chi connectivity index (χ1) is 15.4. The third kappa shape index (κ3) is 4.48. The van der Waals surface area contributed by atoms with E-state index in [0.29, 0.717) is 27.2 Å². The predicted octanol–water partition coefficient (Wildman–Crippen LogP) is 4.05. The monoisotopic (exact) mass is 450 g/mol. The van der Waals surface area contributed by atoms with Crippen LogP contribution >= 0.6 is 11.6 Å². The van der Waals surface area contributed by atoms with Crippen molar-refractivity contribution in [3.63, 3.8) is 0 Å². The first-order valence-electron chi connectivity index (χ1n) is 10.0. The summed E-state index contributed by atoms with van der Waals surface area (Å²) in [7, 11) is 0. The fraction of sp³-hybridized carbons (Fsp3) is 0.167.